The predicted octanol–water partition coefficient (Wildman–Crippen LogP) is 0.641. The fraction of sp³-hybridized carbons (Fsp3) is 0.364. The van der Waals surface area contributed by atoms with Crippen LogP contribution in [0.4, 0.5) is 0 Å². The van der Waals surface area contributed by atoms with E-state index in [-0.39, 0.29) is 10.6 Å². The highest BCUT2D eigenvalue weighted by Gasteiger charge is 2.19. The Labute approximate surface area is 99.6 Å². The van der Waals surface area contributed by atoms with Crippen LogP contribution >= 0.6 is 0 Å². The van der Waals surface area contributed by atoms with Crippen molar-refractivity contribution in [2.75, 3.05) is 12.4 Å². The van der Waals surface area contributed by atoms with Gasteiger partial charge in [-0.25, -0.2) is 8.42 Å². The van der Waals surface area contributed by atoms with Crippen LogP contribution in [0.1, 0.15) is 18.4 Å². The maximum Gasteiger partial charge on any atom is 0.313 e. The molecule has 17 heavy (non-hydrogen) atoms. The van der Waals surface area contributed by atoms with Crippen molar-refractivity contribution in [3.05, 3.63) is 29.8 Å². The number of hydrogen-bond acceptors (Lipinski definition) is 4. The van der Waals surface area contributed by atoms with Gasteiger partial charge in [0.15, 0.2) is 9.84 Å². The molecule has 5 nitrogen and oxygen atoms in total. The minimum Gasteiger partial charge on any atom is -0.481 e. The number of carbonyl (C=O) groups is 1. The van der Waals surface area contributed by atoms with Gasteiger partial charge in [-0.3, -0.25) is 4.79 Å². The lowest BCUT2D eigenvalue weighted by Gasteiger charge is -2.10. The number of benzene rings is 1. The van der Waals surface area contributed by atoms with Crippen molar-refractivity contribution in [2.45, 2.75) is 17.7 Å². The zero-order valence-corrected chi connectivity index (χ0v) is 10.1. The second-order valence-electron chi connectivity index (χ2n) is 3.55. The van der Waals surface area contributed by atoms with Crippen LogP contribution in [0.2, 0.25) is 0 Å². The first-order valence-electron chi connectivity index (χ1n) is 5.08. The molecule has 1 aromatic carbocycles. The van der Waals surface area contributed by atoms with Crippen molar-refractivity contribution >= 4 is 15.8 Å². The summed E-state index contributed by atoms with van der Waals surface area (Å²) in [5, 5.41) is 17.7. The fourth-order valence-electron chi connectivity index (χ4n) is 1.40. The minimum absolute atomic E-state index is 0.00525. The average molecular weight is 258 g/mol. The van der Waals surface area contributed by atoms with Crippen LogP contribution in [-0.2, 0) is 14.6 Å². The zero-order valence-electron chi connectivity index (χ0n) is 9.33. The van der Waals surface area contributed by atoms with E-state index < -0.39 is 28.3 Å². The molecule has 0 saturated heterocycles. The molecular formula is C11H14O5S. The van der Waals surface area contributed by atoms with Crippen molar-refractivity contribution in [3.63, 3.8) is 0 Å². The molecule has 0 bridgehead atoms. The Hall–Kier alpha value is -1.40. The van der Waals surface area contributed by atoms with Crippen molar-refractivity contribution in [2.24, 2.45) is 0 Å². The molecule has 0 aromatic heterocycles. The highest BCUT2D eigenvalue weighted by molar-refractivity contribution is 7.91. The van der Waals surface area contributed by atoms with Gasteiger partial charge < -0.3 is 10.2 Å². The number of rotatable bonds is 5. The third-order valence-electron chi connectivity index (χ3n) is 2.50. The number of aliphatic hydroxyl groups is 1. The molecule has 0 aliphatic heterocycles. The van der Waals surface area contributed by atoms with Crippen LogP contribution in [0, 0.1) is 0 Å². The second-order valence-corrected chi connectivity index (χ2v) is 5.82. The molecule has 0 fully saturated rings. The van der Waals surface area contributed by atoms with Gasteiger partial charge in [0.1, 0.15) is 5.92 Å². The number of carboxylic acids is 1. The Balaban J connectivity index is 3.07. The quantitative estimate of drug-likeness (QED) is 0.808. The first-order chi connectivity index (χ1) is 7.92. The summed E-state index contributed by atoms with van der Waals surface area (Å²) >= 11 is 0. The van der Waals surface area contributed by atoms with Crippen molar-refractivity contribution in [1.29, 1.82) is 0 Å². The summed E-state index contributed by atoms with van der Waals surface area (Å²) in [6.07, 6.45) is 0. The van der Waals surface area contributed by atoms with Gasteiger partial charge in [-0.1, -0.05) is 19.1 Å². The van der Waals surface area contributed by atoms with Gasteiger partial charge in [0, 0.05) is 0 Å². The molecule has 6 heteroatoms. The van der Waals surface area contributed by atoms with E-state index in [2.05, 4.69) is 0 Å². The van der Waals surface area contributed by atoms with Crippen LogP contribution in [0.5, 0.6) is 0 Å². The average Bonchev–Trinajstić information content (AvgIpc) is 2.30. The molecule has 1 atom stereocenters. The summed E-state index contributed by atoms with van der Waals surface area (Å²) in [7, 11) is -3.28. The van der Waals surface area contributed by atoms with Crippen molar-refractivity contribution < 1.29 is 23.4 Å². The largest absolute Gasteiger partial charge is 0.481 e. The van der Waals surface area contributed by atoms with E-state index >= 15 is 0 Å². The van der Waals surface area contributed by atoms with Crippen molar-refractivity contribution in [3.8, 4) is 0 Å². The summed E-state index contributed by atoms with van der Waals surface area (Å²) in [5.74, 6) is -2.17. The van der Waals surface area contributed by atoms with Gasteiger partial charge in [0.2, 0.25) is 0 Å². The predicted molar refractivity (Wildman–Crippen MR) is 61.6 cm³/mol. The lowest BCUT2D eigenvalue weighted by atomic mass is 10.0. The minimum atomic E-state index is -3.28. The third-order valence-corrected chi connectivity index (χ3v) is 4.25. The zero-order chi connectivity index (χ0) is 13.1. The second kappa shape index (κ2) is 5.29. The van der Waals surface area contributed by atoms with Gasteiger partial charge in [-0.05, 0) is 17.7 Å². The lowest BCUT2D eigenvalue weighted by Crippen LogP contribution is -2.15. The number of hydrogen-bond donors (Lipinski definition) is 2. The molecule has 0 saturated carbocycles. The monoisotopic (exact) mass is 258 g/mol. The standard InChI is InChI=1S/C11H14O5S/c1-2-17(15,16)9-5-3-8(4-6-9)10(7-12)11(13)14/h3-6,10,12H,2,7H2,1H3,(H,13,14). The molecule has 1 aromatic rings. The molecule has 0 amide bonds. The van der Waals surface area contributed by atoms with Gasteiger partial charge in [-0.15, -0.1) is 0 Å². The molecule has 2 N–H and O–H groups in total. The smallest absolute Gasteiger partial charge is 0.313 e. The fourth-order valence-corrected chi connectivity index (χ4v) is 2.28. The molecule has 94 valence electrons. The Bertz CT molecular complexity index is 489. The van der Waals surface area contributed by atoms with Crippen LogP contribution in [0.15, 0.2) is 29.2 Å². The molecule has 0 spiro atoms. The lowest BCUT2D eigenvalue weighted by molar-refractivity contribution is -0.139. The van der Waals surface area contributed by atoms with E-state index in [0.29, 0.717) is 5.56 Å². The van der Waals surface area contributed by atoms with Crippen LogP contribution in [0.3, 0.4) is 0 Å². The summed E-state index contributed by atoms with van der Waals surface area (Å²) in [6.45, 7) is 1.02. The topological polar surface area (TPSA) is 91.7 Å². The Kier molecular flexibility index (Phi) is 4.25. The van der Waals surface area contributed by atoms with Crippen LogP contribution in [0.25, 0.3) is 0 Å². The maximum atomic E-state index is 11.5. The molecule has 1 rings (SSSR count). The Morgan fingerprint density at radius 3 is 2.18 bits per heavy atom. The number of aliphatic hydroxyl groups excluding tert-OH is 1. The molecule has 0 aliphatic rings. The van der Waals surface area contributed by atoms with Gasteiger partial charge in [-0.2, -0.15) is 0 Å². The van der Waals surface area contributed by atoms with E-state index in [1.807, 2.05) is 0 Å². The van der Waals surface area contributed by atoms with Crippen LogP contribution in [-0.4, -0.2) is 37.0 Å². The molecule has 0 radical (unpaired) electrons. The maximum absolute atomic E-state index is 11.5. The summed E-state index contributed by atoms with van der Waals surface area (Å²) < 4.78 is 23.0. The third kappa shape index (κ3) is 3.04. The van der Waals surface area contributed by atoms with Crippen LogP contribution < -0.4 is 0 Å². The number of aliphatic carboxylic acids is 1. The van der Waals surface area contributed by atoms with E-state index in [1.54, 1.807) is 0 Å². The Morgan fingerprint density at radius 2 is 1.82 bits per heavy atom. The van der Waals surface area contributed by atoms with E-state index in [1.165, 1.54) is 31.2 Å². The normalized spacial score (nSPS) is 13.3. The first kappa shape index (κ1) is 13.7. The summed E-state index contributed by atoms with van der Waals surface area (Å²) in [6, 6.07) is 5.55. The number of sulfone groups is 1. The van der Waals surface area contributed by atoms with E-state index in [0.717, 1.165) is 0 Å². The van der Waals surface area contributed by atoms with E-state index in [4.69, 9.17) is 10.2 Å². The highest BCUT2D eigenvalue weighted by atomic mass is 32.2. The van der Waals surface area contributed by atoms with E-state index in [9.17, 15) is 13.2 Å². The highest BCUT2D eigenvalue weighted by Crippen LogP contribution is 2.19. The number of carboxylic acid groups (broad SMARTS) is 1. The molecule has 0 aliphatic carbocycles. The first-order valence-corrected chi connectivity index (χ1v) is 6.74. The van der Waals surface area contributed by atoms with Crippen molar-refractivity contribution in [1.82, 2.24) is 0 Å². The van der Waals surface area contributed by atoms with Gasteiger partial charge in [0.25, 0.3) is 0 Å². The summed E-state index contributed by atoms with van der Waals surface area (Å²) in [5.41, 5.74) is 0.384. The van der Waals surface area contributed by atoms with Gasteiger partial charge >= 0.3 is 5.97 Å². The van der Waals surface area contributed by atoms with Gasteiger partial charge in [0.05, 0.1) is 17.3 Å². The molecular weight excluding hydrogens is 244 g/mol. The SMILES string of the molecule is CCS(=O)(=O)c1ccc(C(CO)C(=O)O)cc1. The summed E-state index contributed by atoms with van der Waals surface area (Å²) in [4.78, 5) is 10.9. The Morgan fingerprint density at radius 1 is 1.29 bits per heavy atom. The molecule has 0 heterocycles. The molecule has 1 unspecified atom stereocenters.